The van der Waals surface area contributed by atoms with E-state index in [-0.39, 0.29) is 0 Å². The topological polar surface area (TPSA) is 63.1 Å². The van der Waals surface area contributed by atoms with Gasteiger partial charge in [0, 0.05) is 38.3 Å². The third-order valence-corrected chi connectivity index (χ3v) is 5.46. The van der Waals surface area contributed by atoms with E-state index < -0.39 is 0 Å². The molecule has 0 unspecified atom stereocenters. The van der Waals surface area contributed by atoms with Crippen molar-refractivity contribution in [2.24, 2.45) is 4.99 Å². The Hall–Kier alpha value is -1.94. The van der Waals surface area contributed by atoms with Crippen molar-refractivity contribution in [3.63, 3.8) is 0 Å². The third-order valence-electron chi connectivity index (χ3n) is 4.89. The molecule has 0 saturated carbocycles. The lowest BCUT2D eigenvalue weighted by Gasteiger charge is -2.35. The molecule has 0 bridgehead atoms. The Bertz CT molecular complexity index is 789. The molecule has 0 amide bonds. The summed E-state index contributed by atoms with van der Waals surface area (Å²) in [7, 11) is 0. The number of aromatic nitrogens is 2. The fourth-order valence-electron chi connectivity index (χ4n) is 3.36. The maximum atomic E-state index is 5.88. The van der Waals surface area contributed by atoms with Crippen LogP contribution in [0.3, 0.4) is 0 Å². The van der Waals surface area contributed by atoms with Crippen molar-refractivity contribution in [1.29, 1.82) is 0 Å². The first-order chi connectivity index (χ1) is 13.8. The fourth-order valence-corrected chi connectivity index (χ4v) is 3.65. The Morgan fingerprint density at radius 3 is 2.50 bits per heavy atom. The molecule has 3 heterocycles. The number of hydrogen-bond donors (Lipinski definition) is 0. The van der Waals surface area contributed by atoms with Crippen LogP contribution in [-0.2, 0) is 4.74 Å². The smallest absolute Gasteiger partial charge is 0.216 e. The van der Waals surface area contributed by atoms with E-state index in [1.54, 1.807) is 0 Å². The van der Waals surface area contributed by atoms with E-state index in [9.17, 15) is 0 Å². The second-order valence-electron chi connectivity index (χ2n) is 6.80. The summed E-state index contributed by atoms with van der Waals surface area (Å²) < 4.78 is 12.3. The molecule has 0 radical (unpaired) electrons. The Balaban J connectivity index is 1.15. The summed E-state index contributed by atoms with van der Waals surface area (Å²) >= 11 is 2.18. The minimum Gasteiger partial charge on any atom is -0.494 e. The molecule has 7 nitrogen and oxygen atoms in total. The normalized spacial score (nSPS) is 17.3. The number of ether oxygens (including phenoxy) is 2. The average molecular weight is 493 g/mol. The predicted octanol–water partition coefficient (Wildman–Crippen LogP) is 2.45. The summed E-state index contributed by atoms with van der Waals surface area (Å²) in [4.78, 5) is 9.11. The summed E-state index contributed by atoms with van der Waals surface area (Å²) in [5, 5.41) is 8.42. The van der Waals surface area contributed by atoms with Gasteiger partial charge in [0.1, 0.15) is 16.1 Å². The highest BCUT2D eigenvalue weighted by Crippen LogP contribution is 2.16. The molecule has 2 aromatic rings. The van der Waals surface area contributed by atoms with Crippen LogP contribution in [-0.4, -0.2) is 73.5 Å². The third kappa shape index (κ3) is 5.11. The quantitative estimate of drug-likeness (QED) is 0.437. The summed E-state index contributed by atoms with van der Waals surface area (Å²) in [6.45, 7) is 7.27. The van der Waals surface area contributed by atoms with Crippen molar-refractivity contribution >= 4 is 34.3 Å². The SMILES string of the molecule is Ic1ccc(N2CCN(CCCOc3ccc(C4=NCCO4)cc3)CC2)nn1. The average Bonchev–Trinajstić information content (AvgIpc) is 3.28. The van der Waals surface area contributed by atoms with E-state index in [1.807, 2.05) is 30.3 Å². The van der Waals surface area contributed by atoms with Gasteiger partial charge in [-0.25, -0.2) is 4.99 Å². The molecule has 0 aliphatic carbocycles. The zero-order valence-corrected chi connectivity index (χ0v) is 17.9. The van der Waals surface area contributed by atoms with Gasteiger partial charge in [0.25, 0.3) is 0 Å². The van der Waals surface area contributed by atoms with Gasteiger partial charge < -0.3 is 14.4 Å². The lowest BCUT2D eigenvalue weighted by atomic mass is 10.2. The van der Waals surface area contributed by atoms with Gasteiger partial charge in [-0.3, -0.25) is 4.90 Å². The van der Waals surface area contributed by atoms with E-state index in [0.29, 0.717) is 6.61 Å². The Labute approximate surface area is 178 Å². The van der Waals surface area contributed by atoms with Gasteiger partial charge in [0.2, 0.25) is 5.90 Å². The molecule has 0 atom stereocenters. The number of nitrogens with zero attached hydrogens (tertiary/aromatic N) is 5. The van der Waals surface area contributed by atoms with Crippen LogP contribution in [0.4, 0.5) is 5.82 Å². The lowest BCUT2D eigenvalue weighted by molar-refractivity contribution is 0.224. The molecule has 1 aromatic carbocycles. The molecule has 0 N–H and O–H groups in total. The lowest BCUT2D eigenvalue weighted by Crippen LogP contribution is -2.47. The highest BCUT2D eigenvalue weighted by atomic mass is 127. The van der Waals surface area contributed by atoms with Crippen LogP contribution in [0.2, 0.25) is 0 Å². The highest BCUT2D eigenvalue weighted by molar-refractivity contribution is 14.1. The van der Waals surface area contributed by atoms with Crippen LogP contribution in [0.1, 0.15) is 12.0 Å². The van der Waals surface area contributed by atoms with E-state index in [0.717, 1.165) is 79.0 Å². The molecule has 2 aliphatic heterocycles. The second kappa shape index (κ2) is 9.51. The number of anilines is 1. The Morgan fingerprint density at radius 2 is 1.82 bits per heavy atom. The number of aliphatic imine (C=N–C) groups is 1. The van der Waals surface area contributed by atoms with Crippen molar-refractivity contribution in [1.82, 2.24) is 15.1 Å². The molecular weight excluding hydrogens is 469 g/mol. The minimum atomic E-state index is 0.681. The molecule has 148 valence electrons. The zero-order chi connectivity index (χ0) is 19.2. The van der Waals surface area contributed by atoms with E-state index in [2.05, 4.69) is 53.6 Å². The summed E-state index contributed by atoms with van der Waals surface area (Å²) in [5.74, 6) is 2.60. The Kier molecular flexibility index (Phi) is 6.58. The van der Waals surface area contributed by atoms with Crippen LogP contribution in [0, 0.1) is 3.70 Å². The largest absolute Gasteiger partial charge is 0.494 e. The van der Waals surface area contributed by atoms with Gasteiger partial charge in [-0.15, -0.1) is 10.2 Å². The fraction of sp³-hybridized carbons (Fsp3) is 0.450. The van der Waals surface area contributed by atoms with E-state index >= 15 is 0 Å². The van der Waals surface area contributed by atoms with E-state index in [4.69, 9.17) is 9.47 Å². The van der Waals surface area contributed by atoms with Gasteiger partial charge >= 0.3 is 0 Å². The van der Waals surface area contributed by atoms with Crippen LogP contribution < -0.4 is 9.64 Å². The monoisotopic (exact) mass is 493 g/mol. The van der Waals surface area contributed by atoms with Crippen LogP contribution in [0.15, 0.2) is 41.4 Å². The van der Waals surface area contributed by atoms with Gasteiger partial charge in [-0.05, 0) is 65.4 Å². The van der Waals surface area contributed by atoms with Crippen molar-refractivity contribution in [2.45, 2.75) is 6.42 Å². The van der Waals surface area contributed by atoms with Crippen molar-refractivity contribution in [3.05, 3.63) is 45.7 Å². The molecule has 1 aromatic heterocycles. The molecule has 0 spiro atoms. The first kappa shape index (κ1) is 19.4. The Morgan fingerprint density at radius 1 is 1.00 bits per heavy atom. The van der Waals surface area contributed by atoms with Crippen LogP contribution >= 0.6 is 22.6 Å². The van der Waals surface area contributed by atoms with Gasteiger partial charge in [-0.1, -0.05) is 0 Å². The van der Waals surface area contributed by atoms with Gasteiger partial charge in [-0.2, -0.15) is 0 Å². The maximum Gasteiger partial charge on any atom is 0.216 e. The predicted molar refractivity (Wildman–Crippen MR) is 117 cm³/mol. The number of hydrogen-bond acceptors (Lipinski definition) is 7. The number of rotatable bonds is 7. The minimum absolute atomic E-state index is 0.681. The van der Waals surface area contributed by atoms with E-state index in [1.165, 1.54) is 0 Å². The molecular formula is C20H24IN5O2. The molecule has 1 fully saturated rings. The summed E-state index contributed by atoms with van der Waals surface area (Å²) in [5.41, 5.74) is 1.01. The van der Waals surface area contributed by atoms with Crippen LogP contribution in [0.25, 0.3) is 0 Å². The molecule has 4 rings (SSSR count). The van der Waals surface area contributed by atoms with Crippen molar-refractivity contribution in [2.75, 3.05) is 57.4 Å². The first-order valence-corrected chi connectivity index (χ1v) is 10.7. The maximum absolute atomic E-state index is 5.88. The molecule has 8 heteroatoms. The highest BCUT2D eigenvalue weighted by Gasteiger charge is 2.18. The summed E-state index contributed by atoms with van der Waals surface area (Å²) in [6.07, 6.45) is 1.01. The zero-order valence-electron chi connectivity index (χ0n) is 15.8. The first-order valence-electron chi connectivity index (χ1n) is 9.65. The van der Waals surface area contributed by atoms with Crippen molar-refractivity contribution in [3.8, 4) is 5.75 Å². The number of piperazine rings is 1. The molecule has 1 saturated heterocycles. The van der Waals surface area contributed by atoms with Crippen LogP contribution in [0.5, 0.6) is 5.75 Å². The standard InChI is InChI=1S/C20H24IN5O2/c21-18-6-7-19(24-23-18)26-12-10-25(11-13-26)9-1-14-27-17-4-2-16(3-5-17)20-22-8-15-28-20/h2-7H,1,8-15H2. The molecule has 28 heavy (non-hydrogen) atoms. The number of halogens is 1. The van der Waals surface area contributed by atoms with Gasteiger partial charge in [0.15, 0.2) is 5.82 Å². The van der Waals surface area contributed by atoms with Gasteiger partial charge in [0.05, 0.1) is 13.2 Å². The number of benzene rings is 1. The summed E-state index contributed by atoms with van der Waals surface area (Å²) in [6, 6.07) is 12.0. The molecule has 2 aliphatic rings. The second-order valence-corrected chi connectivity index (χ2v) is 7.91. The van der Waals surface area contributed by atoms with Crippen molar-refractivity contribution < 1.29 is 9.47 Å².